The molecular weight excluding hydrogens is 320 g/mol. The molecule has 2 N–H and O–H groups in total. The minimum atomic E-state index is -2.55. The third-order valence-corrected chi connectivity index (χ3v) is 5.20. The zero-order valence-corrected chi connectivity index (χ0v) is 13.3. The van der Waals surface area contributed by atoms with Crippen LogP contribution in [-0.2, 0) is 4.74 Å². The van der Waals surface area contributed by atoms with Crippen LogP contribution in [0.15, 0.2) is 12.4 Å². The average Bonchev–Trinajstić information content (AvgIpc) is 2.90. The summed E-state index contributed by atoms with van der Waals surface area (Å²) in [6, 6.07) is 1.53. The van der Waals surface area contributed by atoms with E-state index in [1.165, 1.54) is 12.4 Å². The Morgan fingerprint density at radius 3 is 2.79 bits per heavy atom. The van der Waals surface area contributed by atoms with Crippen molar-refractivity contribution in [2.45, 2.75) is 31.2 Å². The quantitative estimate of drug-likeness (QED) is 0.862. The van der Waals surface area contributed by atoms with Crippen molar-refractivity contribution in [3.8, 4) is 5.88 Å². The van der Waals surface area contributed by atoms with Gasteiger partial charge in [-0.15, -0.1) is 0 Å². The van der Waals surface area contributed by atoms with Crippen LogP contribution in [0.1, 0.15) is 12.8 Å². The Balaban J connectivity index is 1.51. The molecule has 2 bridgehead atoms. The first-order valence-electron chi connectivity index (χ1n) is 8.21. The van der Waals surface area contributed by atoms with Gasteiger partial charge < -0.3 is 19.3 Å². The molecule has 0 radical (unpaired) electrons. The summed E-state index contributed by atoms with van der Waals surface area (Å²) in [5, 5.41) is 0. The standard InChI is InChI=1S/C15H21F2N5O2/c16-11(17)6-23-13-5-12(19-9-20-13)22-8-15(24-14(22)18)7-21-3-1-10(15)2-4-21/h5,9-11,14H,1-4,6-8,18H2. The number of fused-ring (bicyclic) bond motifs is 2. The molecule has 1 spiro atoms. The zero-order valence-electron chi connectivity index (χ0n) is 13.3. The van der Waals surface area contributed by atoms with Crippen molar-refractivity contribution in [2.75, 3.05) is 37.7 Å². The van der Waals surface area contributed by atoms with Crippen LogP contribution in [0.5, 0.6) is 5.88 Å². The summed E-state index contributed by atoms with van der Waals surface area (Å²) in [6.45, 7) is 3.05. The van der Waals surface area contributed by atoms with Gasteiger partial charge in [0, 0.05) is 12.6 Å². The van der Waals surface area contributed by atoms with Crippen LogP contribution in [-0.4, -0.2) is 66.0 Å². The number of alkyl halides is 2. The summed E-state index contributed by atoms with van der Waals surface area (Å²) < 4.78 is 35.7. The fourth-order valence-corrected chi connectivity index (χ4v) is 4.08. The summed E-state index contributed by atoms with van der Waals surface area (Å²) >= 11 is 0. The highest BCUT2D eigenvalue weighted by Gasteiger charge is 2.54. The topological polar surface area (TPSA) is 76.7 Å². The molecule has 2 unspecified atom stereocenters. The SMILES string of the molecule is NC1OC2(CN3CCC2CC3)CN1c1cc(OCC(F)F)ncn1. The van der Waals surface area contributed by atoms with Crippen molar-refractivity contribution in [2.24, 2.45) is 11.7 Å². The molecule has 2 atom stereocenters. The fraction of sp³-hybridized carbons (Fsp3) is 0.733. The molecule has 4 saturated heterocycles. The molecule has 4 aliphatic rings. The highest BCUT2D eigenvalue weighted by atomic mass is 19.3. The van der Waals surface area contributed by atoms with Crippen molar-refractivity contribution >= 4 is 5.82 Å². The molecular formula is C15H21F2N5O2. The first-order chi connectivity index (χ1) is 11.6. The van der Waals surface area contributed by atoms with Crippen LogP contribution in [0, 0.1) is 5.92 Å². The number of nitrogens with two attached hydrogens (primary N) is 1. The second kappa shape index (κ2) is 6.05. The van der Waals surface area contributed by atoms with E-state index in [0.717, 1.165) is 32.5 Å². The normalized spacial score (nSPS) is 35.2. The van der Waals surface area contributed by atoms with Gasteiger partial charge in [0.1, 0.15) is 17.7 Å². The zero-order chi connectivity index (χ0) is 16.7. The summed E-state index contributed by atoms with van der Waals surface area (Å²) in [5.41, 5.74) is 5.91. The third kappa shape index (κ3) is 2.80. The fourth-order valence-electron chi connectivity index (χ4n) is 4.08. The molecule has 5 heterocycles. The van der Waals surface area contributed by atoms with Crippen molar-refractivity contribution < 1.29 is 18.3 Å². The minimum absolute atomic E-state index is 0.113. The number of anilines is 1. The van der Waals surface area contributed by atoms with Crippen molar-refractivity contribution in [3.63, 3.8) is 0 Å². The number of rotatable bonds is 4. The second-order valence-electron chi connectivity index (χ2n) is 6.67. The smallest absolute Gasteiger partial charge is 0.272 e. The molecule has 4 aliphatic heterocycles. The van der Waals surface area contributed by atoms with E-state index in [1.54, 1.807) is 0 Å². The van der Waals surface area contributed by atoms with Gasteiger partial charge in [-0.2, -0.15) is 0 Å². The molecule has 0 saturated carbocycles. The Bertz CT molecular complexity index is 599. The summed E-state index contributed by atoms with van der Waals surface area (Å²) in [7, 11) is 0. The molecule has 4 fully saturated rings. The summed E-state index contributed by atoms with van der Waals surface area (Å²) in [5.74, 6) is 1.15. The molecule has 1 aromatic heterocycles. The Morgan fingerprint density at radius 1 is 1.33 bits per heavy atom. The van der Waals surface area contributed by atoms with E-state index in [9.17, 15) is 8.78 Å². The third-order valence-electron chi connectivity index (χ3n) is 5.20. The van der Waals surface area contributed by atoms with E-state index in [-0.39, 0.29) is 11.5 Å². The highest BCUT2D eigenvalue weighted by molar-refractivity contribution is 5.43. The van der Waals surface area contributed by atoms with Gasteiger partial charge in [0.05, 0.1) is 6.54 Å². The maximum atomic E-state index is 12.3. The number of nitrogens with zero attached hydrogens (tertiary/aromatic N) is 4. The van der Waals surface area contributed by atoms with Gasteiger partial charge in [-0.1, -0.05) is 0 Å². The molecule has 9 heteroatoms. The lowest BCUT2D eigenvalue weighted by molar-refractivity contribution is -0.137. The Hall–Kier alpha value is -1.58. The second-order valence-corrected chi connectivity index (χ2v) is 6.67. The lowest BCUT2D eigenvalue weighted by atomic mass is 9.75. The van der Waals surface area contributed by atoms with Gasteiger partial charge in [0.15, 0.2) is 13.0 Å². The highest BCUT2D eigenvalue weighted by Crippen LogP contribution is 2.43. The van der Waals surface area contributed by atoms with E-state index >= 15 is 0 Å². The number of piperidine rings is 3. The number of ether oxygens (including phenoxy) is 2. The first-order valence-corrected chi connectivity index (χ1v) is 8.21. The van der Waals surface area contributed by atoms with Crippen LogP contribution < -0.4 is 15.4 Å². The van der Waals surface area contributed by atoms with Gasteiger partial charge >= 0.3 is 0 Å². The summed E-state index contributed by atoms with van der Waals surface area (Å²) in [6.07, 6.45) is 0.379. The number of hydrogen-bond donors (Lipinski definition) is 1. The van der Waals surface area contributed by atoms with Crippen molar-refractivity contribution in [3.05, 3.63) is 12.4 Å². The molecule has 5 rings (SSSR count). The van der Waals surface area contributed by atoms with E-state index in [0.29, 0.717) is 18.3 Å². The predicted molar refractivity (Wildman–Crippen MR) is 81.8 cm³/mol. The number of halogens is 2. The van der Waals surface area contributed by atoms with E-state index in [4.69, 9.17) is 15.2 Å². The van der Waals surface area contributed by atoms with Crippen molar-refractivity contribution in [1.29, 1.82) is 0 Å². The van der Waals surface area contributed by atoms with E-state index in [1.807, 2.05) is 4.90 Å². The lowest BCUT2D eigenvalue weighted by Crippen LogP contribution is -2.61. The van der Waals surface area contributed by atoms with Crippen LogP contribution >= 0.6 is 0 Å². The maximum absolute atomic E-state index is 12.3. The summed E-state index contributed by atoms with van der Waals surface area (Å²) in [4.78, 5) is 12.3. The van der Waals surface area contributed by atoms with Gasteiger partial charge in [-0.05, 0) is 31.8 Å². The molecule has 1 aromatic rings. The number of aromatic nitrogens is 2. The molecule has 24 heavy (non-hydrogen) atoms. The minimum Gasteiger partial charge on any atom is -0.471 e. The van der Waals surface area contributed by atoms with Gasteiger partial charge in [-0.3, -0.25) is 5.73 Å². The molecule has 0 aliphatic carbocycles. The number of hydrogen-bond acceptors (Lipinski definition) is 7. The van der Waals surface area contributed by atoms with Gasteiger partial charge in [0.25, 0.3) is 6.43 Å². The van der Waals surface area contributed by atoms with Crippen LogP contribution in [0.25, 0.3) is 0 Å². The Morgan fingerprint density at radius 2 is 2.12 bits per heavy atom. The molecule has 0 amide bonds. The van der Waals surface area contributed by atoms with Gasteiger partial charge in [-0.25, -0.2) is 18.7 Å². The Labute approximate surface area is 138 Å². The van der Waals surface area contributed by atoms with Crippen molar-refractivity contribution in [1.82, 2.24) is 14.9 Å². The van der Waals surface area contributed by atoms with E-state index < -0.39 is 19.4 Å². The van der Waals surface area contributed by atoms with Crippen LogP contribution in [0.3, 0.4) is 0 Å². The lowest BCUT2D eigenvalue weighted by Gasteiger charge is -2.50. The largest absolute Gasteiger partial charge is 0.471 e. The van der Waals surface area contributed by atoms with Crippen LogP contribution in [0.4, 0.5) is 14.6 Å². The molecule has 132 valence electrons. The molecule has 0 aromatic carbocycles. The van der Waals surface area contributed by atoms with Crippen LogP contribution in [0.2, 0.25) is 0 Å². The Kier molecular flexibility index (Phi) is 4.01. The van der Waals surface area contributed by atoms with E-state index in [2.05, 4.69) is 14.9 Å². The van der Waals surface area contributed by atoms with Gasteiger partial charge in [0.2, 0.25) is 5.88 Å². The monoisotopic (exact) mass is 341 g/mol. The average molecular weight is 341 g/mol. The molecule has 7 nitrogen and oxygen atoms in total. The first kappa shape index (κ1) is 15.9. The predicted octanol–water partition coefficient (Wildman–Crippen LogP) is 0.664. The maximum Gasteiger partial charge on any atom is 0.272 e.